The Hall–Kier alpha value is -1.68. The van der Waals surface area contributed by atoms with Crippen LogP contribution in [0.5, 0.6) is 5.75 Å². The van der Waals surface area contributed by atoms with Gasteiger partial charge in [-0.05, 0) is 12.1 Å². The number of ether oxygens (including phenoxy) is 1. The summed E-state index contributed by atoms with van der Waals surface area (Å²) in [5, 5.41) is 2.78. The third-order valence-corrected chi connectivity index (χ3v) is 2.87. The summed E-state index contributed by atoms with van der Waals surface area (Å²) in [6, 6.07) is 9.60. The topological polar surface area (TPSA) is 39.2 Å². The number of hydrogen-bond donors (Lipinski definition) is 0. The van der Waals surface area contributed by atoms with Gasteiger partial charge in [0.1, 0.15) is 23.7 Å². The molecule has 0 unspecified atom stereocenters. The van der Waals surface area contributed by atoms with Crippen molar-refractivity contribution < 1.29 is 9.53 Å². The van der Waals surface area contributed by atoms with Crippen molar-refractivity contribution in [3.63, 3.8) is 0 Å². The molecule has 4 heteroatoms. The molecule has 16 heavy (non-hydrogen) atoms. The molecular formula is C12H11NO2S. The zero-order chi connectivity index (χ0) is 11.2. The van der Waals surface area contributed by atoms with Crippen LogP contribution in [0.4, 0.5) is 0 Å². The number of aromatic nitrogens is 1. The molecular weight excluding hydrogens is 222 g/mol. The molecule has 82 valence electrons. The second kappa shape index (κ2) is 5.42. The summed E-state index contributed by atoms with van der Waals surface area (Å²) in [7, 11) is 0. The smallest absolute Gasteiger partial charge is 0.140 e. The van der Waals surface area contributed by atoms with Crippen LogP contribution in [0.15, 0.2) is 35.7 Å². The van der Waals surface area contributed by atoms with E-state index >= 15 is 0 Å². The summed E-state index contributed by atoms with van der Waals surface area (Å²) in [5.74, 6) is 0.828. The van der Waals surface area contributed by atoms with Crippen molar-refractivity contribution >= 4 is 17.6 Å². The Morgan fingerprint density at radius 2 is 2.12 bits per heavy atom. The minimum atomic E-state index is 0.377. The van der Waals surface area contributed by atoms with Crippen LogP contribution in [0.25, 0.3) is 0 Å². The molecule has 0 amide bonds. The molecule has 0 saturated heterocycles. The summed E-state index contributed by atoms with van der Waals surface area (Å²) in [6.45, 7) is 0.452. The summed E-state index contributed by atoms with van der Waals surface area (Å²) in [6.07, 6.45) is 1.23. The van der Waals surface area contributed by atoms with Crippen LogP contribution in [0.2, 0.25) is 0 Å². The number of carbonyl (C=O) groups is 1. The van der Waals surface area contributed by atoms with E-state index in [0.29, 0.717) is 13.0 Å². The molecule has 0 spiro atoms. The third kappa shape index (κ3) is 2.90. The average molecular weight is 233 g/mol. The molecule has 2 aromatic rings. The first-order valence-electron chi connectivity index (χ1n) is 4.93. The van der Waals surface area contributed by atoms with Crippen LogP contribution in [0, 0.1) is 0 Å². The Labute approximate surface area is 97.7 Å². The fourth-order valence-electron chi connectivity index (χ4n) is 1.26. The van der Waals surface area contributed by atoms with Crippen molar-refractivity contribution in [2.24, 2.45) is 0 Å². The van der Waals surface area contributed by atoms with Gasteiger partial charge in [0.15, 0.2) is 0 Å². The quantitative estimate of drug-likeness (QED) is 0.745. The Morgan fingerprint density at radius 3 is 2.88 bits per heavy atom. The van der Waals surface area contributed by atoms with Gasteiger partial charge in [-0.1, -0.05) is 18.2 Å². The summed E-state index contributed by atoms with van der Waals surface area (Å²) in [5.41, 5.74) is 0.812. The maximum Gasteiger partial charge on any atom is 0.140 e. The van der Waals surface area contributed by atoms with Gasteiger partial charge < -0.3 is 9.53 Å². The molecule has 0 saturated carbocycles. The Morgan fingerprint density at radius 1 is 1.31 bits per heavy atom. The first-order valence-corrected chi connectivity index (χ1v) is 5.81. The standard InChI is InChI=1S/C12H11NO2S/c14-7-6-10-9-16-12(13-10)8-15-11-4-2-1-3-5-11/h1-5,7,9H,6,8H2. The maximum atomic E-state index is 10.3. The van der Waals surface area contributed by atoms with Crippen molar-refractivity contribution in [1.29, 1.82) is 0 Å². The molecule has 0 aliphatic heterocycles. The zero-order valence-electron chi connectivity index (χ0n) is 8.63. The second-order valence-electron chi connectivity index (χ2n) is 3.21. The monoisotopic (exact) mass is 233 g/mol. The molecule has 0 atom stereocenters. The maximum absolute atomic E-state index is 10.3. The highest BCUT2D eigenvalue weighted by molar-refractivity contribution is 7.09. The van der Waals surface area contributed by atoms with Gasteiger partial charge in [0.2, 0.25) is 0 Å². The molecule has 3 nitrogen and oxygen atoms in total. The summed E-state index contributed by atoms with van der Waals surface area (Å²) in [4.78, 5) is 14.6. The molecule has 0 N–H and O–H groups in total. The van der Waals surface area contributed by atoms with Crippen LogP contribution < -0.4 is 4.74 Å². The summed E-state index contributed by atoms with van der Waals surface area (Å²) < 4.78 is 5.54. The van der Waals surface area contributed by atoms with E-state index in [2.05, 4.69) is 4.98 Å². The lowest BCUT2D eigenvalue weighted by Gasteiger charge is -2.02. The van der Waals surface area contributed by atoms with Crippen molar-refractivity contribution in [2.75, 3.05) is 0 Å². The van der Waals surface area contributed by atoms with E-state index < -0.39 is 0 Å². The van der Waals surface area contributed by atoms with Crippen molar-refractivity contribution in [1.82, 2.24) is 4.98 Å². The molecule has 0 radical (unpaired) electrons. The fourth-order valence-corrected chi connectivity index (χ4v) is 1.97. The Bertz CT molecular complexity index is 453. The first kappa shape index (κ1) is 10.8. The van der Waals surface area contributed by atoms with Crippen LogP contribution in [-0.4, -0.2) is 11.3 Å². The number of rotatable bonds is 5. The Kier molecular flexibility index (Phi) is 3.66. The lowest BCUT2D eigenvalue weighted by Crippen LogP contribution is -1.95. The Balaban J connectivity index is 1.92. The van der Waals surface area contributed by atoms with E-state index in [1.54, 1.807) is 0 Å². The van der Waals surface area contributed by atoms with E-state index in [1.165, 1.54) is 11.3 Å². The fraction of sp³-hybridized carbons (Fsp3) is 0.167. The van der Waals surface area contributed by atoms with Gasteiger partial charge in [0, 0.05) is 11.8 Å². The second-order valence-corrected chi connectivity index (χ2v) is 4.15. The molecule has 1 heterocycles. The minimum absolute atomic E-state index is 0.377. The van der Waals surface area contributed by atoms with E-state index in [4.69, 9.17) is 4.74 Å². The van der Waals surface area contributed by atoms with E-state index in [1.807, 2.05) is 35.7 Å². The lowest BCUT2D eigenvalue weighted by molar-refractivity contribution is -0.107. The van der Waals surface area contributed by atoms with Crippen LogP contribution in [-0.2, 0) is 17.8 Å². The number of nitrogens with zero attached hydrogens (tertiary/aromatic N) is 1. The normalized spacial score (nSPS) is 10.0. The molecule has 0 aliphatic rings. The zero-order valence-corrected chi connectivity index (χ0v) is 9.44. The largest absolute Gasteiger partial charge is 0.486 e. The number of thiazole rings is 1. The van der Waals surface area contributed by atoms with Gasteiger partial charge in [0.25, 0.3) is 0 Å². The number of aldehydes is 1. The average Bonchev–Trinajstić information content (AvgIpc) is 2.76. The van der Waals surface area contributed by atoms with Crippen LogP contribution >= 0.6 is 11.3 Å². The number of hydrogen-bond acceptors (Lipinski definition) is 4. The van der Waals surface area contributed by atoms with E-state index in [9.17, 15) is 4.79 Å². The highest BCUT2D eigenvalue weighted by Crippen LogP contribution is 2.14. The lowest BCUT2D eigenvalue weighted by atomic mass is 10.3. The highest BCUT2D eigenvalue weighted by atomic mass is 32.1. The number of benzene rings is 1. The van der Waals surface area contributed by atoms with Gasteiger partial charge in [0.05, 0.1) is 5.69 Å². The van der Waals surface area contributed by atoms with Crippen molar-refractivity contribution in [3.8, 4) is 5.75 Å². The third-order valence-electron chi connectivity index (χ3n) is 2.00. The molecule has 0 fully saturated rings. The van der Waals surface area contributed by atoms with Crippen LogP contribution in [0.3, 0.4) is 0 Å². The SMILES string of the molecule is O=CCc1csc(COc2ccccc2)n1. The van der Waals surface area contributed by atoms with Crippen molar-refractivity contribution in [3.05, 3.63) is 46.4 Å². The molecule has 1 aromatic carbocycles. The molecule has 0 bridgehead atoms. The first-order chi connectivity index (χ1) is 7.88. The predicted octanol–water partition coefficient (Wildman–Crippen LogP) is 2.46. The minimum Gasteiger partial charge on any atom is -0.486 e. The van der Waals surface area contributed by atoms with Crippen molar-refractivity contribution in [2.45, 2.75) is 13.0 Å². The van der Waals surface area contributed by atoms with Gasteiger partial charge in [-0.2, -0.15) is 0 Å². The number of carbonyl (C=O) groups excluding carboxylic acids is 1. The summed E-state index contributed by atoms with van der Waals surface area (Å²) >= 11 is 1.51. The predicted molar refractivity (Wildman–Crippen MR) is 62.7 cm³/mol. The van der Waals surface area contributed by atoms with Gasteiger partial charge in [-0.25, -0.2) is 4.98 Å². The molecule has 2 rings (SSSR count). The van der Waals surface area contributed by atoms with Gasteiger partial charge in [-0.15, -0.1) is 11.3 Å². The highest BCUT2D eigenvalue weighted by Gasteiger charge is 2.02. The van der Waals surface area contributed by atoms with E-state index in [-0.39, 0.29) is 0 Å². The molecule has 1 aromatic heterocycles. The van der Waals surface area contributed by atoms with Gasteiger partial charge >= 0.3 is 0 Å². The number of para-hydroxylation sites is 1. The van der Waals surface area contributed by atoms with Crippen LogP contribution in [0.1, 0.15) is 10.7 Å². The van der Waals surface area contributed by atoms with E-state index in [0.717, 1.165) is 22.7 Å². The van der Waals surface area contributed by atoms with Gasteiger partial charge in [-0.3, -0.25) is 0 Å². The molecule has 0 aliphatic carbocycles.